The third kappa shape index (κ3) is 4.97. The van der Waals surface area contributed by atoms with Crippen LogP contribution in [0.1, 0.15) is 50.6 Å². The predicted molar refractivity (Wildman–Crippen MR) is 82.4 cm³/mol. The lowest BCUT2D eigenvalue weighted by Crippen LogP contribution is -2.34. The average molecular weight is 274 g/mol. The molecule has 1 atom stereocenters. The van der Waals surface area contributed by atoms with Gasteiger partial charge in [-0.1, -0.05) is 50.1 Å². The van der Waals surface area contributed by atoms with E-state index in [-0.39, 0.29) is 5.91 Å². The van der Waals surface area contributed by atoms with Crippen LogP contribution in [0.15, 0.2) is 30.3 Å². The topological polar surface area (TPSA) is 41.1 Å². The van der Waals surface area contributed by atoms with E-state index in [0.717, 1.165) is 32.4 Å². The molecule has 3 nitrogen and oxygen atoms in total. The summed E-state index contributed by atoms with van der Waals surface area (Å²) in [6.45, 7) is 3.78. The van der Waals surface area contributed by atoms with E-state index in [9.17, 15) is 4.79 Å². The van der Waals surface area contributed by atoms with Crippen molar-refractivity contribution in [2.45, 2.75) is 45.1 Å². The summed E-state index contributed by atoms with van der Waals surface area (Å²) in [5, 5.41) is 6.58. The Kier molecular flexibility index (Phi) is 6.06. The number of hydrogen-bond donors (Lipinski definition) is 2. The summed E-state index contributed by atoms with van der Waals surface area (Å²) in [6, 6.07) is 11.0. The van der Waals surface area contributed by atoms with Gasteiger partial charge in [0.25, 0.3) is 0 Å². The minimum atomic E-state index is 0.233. The van der Waals surface area contributed by atoms with Crippen molar-refractivity contribution >= 4 is 5.91 Å². The average Bonchev–Trinajstić information content (AvgIpc) is 3.32. The number of benzene rings is 1. The highest BCUT2D eigenvalue weighted by molar-refractivity contribution is 5.80. The maximum absolute atomic E-state index is 11.6. The Morgan fingerprint density at radius 1 is 1.25 bits per heavy atom. The molecule has 0 aliphatic heterocycles. The first-order valence-electron chi connectivity index (χ1n) is 7.87. The standard InChI is InChI=1S/C17H26N2O/c1-2-3-9-16(14-7-5-4-6-8-14)18-12-13-19-17(20)15-10-11-15/h4-8,15-16,18H,2-3,9-13H2,1H3,(H,19,20). The lowest BCUT2D eigenvalue weighted by atomic mass is 10.0. The highest BCUT2D eigenvalue weighted by Crippen LogP contribution is 2.28. The molecule has 20 heavy (non-hydrogen) atoms. The van der Waals surface area contributed by atoms with Crippen molar-refractivity contribution in [1.29, 1.82) is 0 Å². The van der Waals surface area contributed by atoms with Gasteiger partial charge in [-0.25, -0.2) is 0 Å². The molecule has 1 unspecified atom stereocenters. The van der Waals surface area contributed by atoms with Gasteiger partial charge in [-0.2, -0.15) is 0 Å². The van der Waals surface area contributed by atoms with Crippen LogP contribution in [-0.2, 0) is 4.79 Å². The van der Waals surface area contributed by atoms with Crippen molar-refractivity contribution in [3.8, 4) is 0 Å². The van der Waals surface area contributed by atoms with Crippen molar-refractivity contribution in [3.05, 3.63) is 35.9 Å². The van der Waals surface area contributed by atoms with Gasteiger partial charge in [0.2, 0.25) is 5.91 Å². The van der Waals surface area contributed by atoms with Crippen LogP contribution < -0.4 is 10.6 Å². The molecule has 1 saturated carbocycles. The fraction of sp³-hybridized carbons (Fsp3) is 0.588. The van der Waals surface area contributed by atoms with Gasteiger partial charge >= 0.3 is 0 Å². The molecule has 0 heterocycles. The maximum atomic E-state index is 11.6. The molecule has 0 saturated heterocycles. The summed E-state index contributed by atoms with van der Waals surface area (Å²) < 4.78 is 0. The molecule has 0 aromatic heterocycles. The number of hydrogen-bond acceptors (Lipinski definition) is 2. The fourth-order valence-electron chi connectivity index (χ4n) is 2.40. The van der Waals surface area contributed by atoms with E-state index in [1.165, 1.54) is 18.4 Å². The van der Waals surface area contributed by atoms with E-state index in [1.54, 1.807) is 0 Å². The first-order chi connectivity index (χ1) is 9.81. The lowest BCUT2D eigenvalue weighted by Gasteiger charge is -2.19. The van der Waals surface area contributed by atoms with Crippen LogP contribution in [0.3, 0.4) is 0 Å². The number of amides is 1. The summed E-state index contributed by atoms with van der Waals surface area (Å²) in [4.78, 5) is 11.6. The summed E-state index contributed by atoms with van der Waals surface area (Å²) in [6.07, 6.45) is 5.73. The second-order valence-corrected chi connectivity index (χ2v) is 5.62. The molecule has 1 fully saturated rings. The molecule has 1 aromatic rings. The maximum Gasteiger partial charge on any atom is 0.223 e. The molecule has 0 radical (unpaired) electrons. The summed E-state index contributed by atoms with van der Waals surface area (Å²) >= 11 is 0. The van der Waals surface area contributed by atoms with Gasteiger partial charge in [0.1, 0.15) is 0 Å². The molecule has 0 bridgehead atoms. The Morgan fingerprint density at radius 2 is 2.00 bits per heavy atom. The van der Waals surface area contributed by atoms with E-state index in [4.69, 9.17) is 0 Å². The second kappa shape index (κ2) is 8.05. The first kappa shape index (κ1) is 15.0. The van der Waals surface area contributed by atoms with Crippen molar-refractivity contribution < 1.29 is 4.79 Å². The highest BCUT2D eigenvalue weighted by Gasteiger charge is 2.28. The van der Waals surface area contributed by atoms with E-state index < -0.39 is 0 Å². The summed E-state index contributed by atoms with van der Waals surface area (Å²) in [7, 11) is 0. The molecular weight excluding hydrogens is 248 g/mol. The second-order valence-electron chi connectivity index (χ2n) is 5.62. The minimum Gasteiger partial charge on any atom is -0.355 e. The monoisotopic (exact) mass is 274 g/mol. The zero-order valence-corrected chi connectivity index (χ0v) is 12.4. The Balaban J connectivity index is 1.74. The SMILES string of the molecule is CCCCC(NCCNC(=O)C1CC1)c1ccccc1. The van der Waals surface area contributed by atoms with E-state index >= 15 is 0 Å². The molecule has 3 heteroatoms. The molecular formula is C17H26N2O. The Hall–Kier alpha value is -1.35. The van der Waals surface area contributed by atoms with Crippen molar-refractivity contribution in [3.63, 3.8) is 0 Å². The van der Waals surface area contributed by atoms with Gasteiger partial charge in [-0.05, 0) is 24.8 Å². The first-order valence-corrected chi connectivity index (χ1v) is 7.87. The normalized spacial score (nSPS) is 15.8. The van der Waals surface area contributed by atoms with E-state index in [1.807, 2.05) is 0 Å². The molecule has 2 rings (SSSR count). The fourth-order valence-corrected chi connectivity index (χ4v) is 2.40. The van der Waals surface area contributed by atoms with Gasteiger partial charge in [0.15, 0.2) is 0 Å². The largest absolute Gasteiger partial charge is 0.355 e. The zero-order chi connectivity index (χ0) is 14.2. The van der Waals surface area contributed by atoms with E-state index in [2.05, 4.69) is 47.9 Å². The summed E-state index contributed by atoms with van der Waals surface area (Å²) in [5.41, 5.74) is 1.34. The molecule has 1 amide bonds. The van der Waals surface area contributed by atoms with Crippen LogP contribution in [0, 0.1) is 5.92 Å². The van der Waals surface area contributed by atoms with Crippen LogP contribution in [-0.4, -0.2) is 19.0 Å². The van der Waals surface area contributed by atoms with E-state index in [0.29, 0.717) is 12.0 Å². The van der Waals surface area contributed by atoms with Gasteiger partial charge in [-0.3, -0.25) is 4.79 Å². The van der Waals surface area contributed by atoms with Gasteiger partial charge in [0.05, 0.1) is 0 Å². The highest BCUT2D eigenvalue weighted by atomic mass is 16.2. The van der Waals surface area contributed by atoms with Gasteiger partial charge < -0.3 is 10.6 Å². The molecule has 2 N–H and O–H groups in total. The summed E-state index contributed by atoms with van der Waals surface area (Å²) in [5.74, 6) is 0.539. The van der Waals surface area contributed by atoms with Crippen molar-refractivity contribution in [1.82, 2.24) is 10.6 Å². The number of carbonyl (C=O) groups is 1. The smallest absolute Gasteiger partial charge is 0.223 e. The Morgan fingerprint density at radius 3 is 2.65 bits per heavy atom. The third-order valence-electron chi connectivity index (χ3n) is 3.81. The lowest BCUT2D eigenvalue weighted by molar-refractivity contribution is -0.122. The van der Waals surface area contributed by atoms with Crippen molar-refractivity contribution in [2.75, 3.05) is 13.1 Å². The van der Waals surface area contributed by atoms with Crippen molar-refractivity contribution in [2.24, 2.45) is 5.92 Å². The number of rotatable bonds is 9. The molecule has 110 valence electrons. The van der Waals surface area contributed by atoms with Crippen LogP contribution >= 0.6 is 0 Å². The van der Waals surface area contributed by atoms with Gasteiger partial charge in [0, 0.05) is 25.0 Å². The van der Waals surface area contributed by atoms with Crippen LogP contribution in [0.2, 0.25) is 0 Å². The Bertz CT molecular complexity index is 401. The Labute approximate surface area is 122 Å². The molecule has 1 aliphatic rings. The minimum absolute atomic E-state index is 0.233. The number of carbonyl (C=O) groups excluding carboxylic acids is 1. The molecule has 1 aliphatic carbocycles. The zero-order valence-electron chi connectivity index (χ0n) is 12.4. The van der Waals surface area contributed by atoms with Crippen LogP contribution in [0.25, 0.3) is 0 Å². The number of unbranched alkanes of at least 4 members (excludes halogenated alkanes) is 1. The predicted octanol–water partition coefficient (Wildman–Crippen LogP) is 3.03. The number of nitrogens with one attached hydrogen (secondary N) is 2. The molecule has 1 aromatic carbocycles. The van der Waals surface area contributed by atoms with Crippen LogP contribution in [0.5, 0.6) is 0 Å². The van der Waals surface area contributed by atoms with Gasteiger partial charge in [-0.15, -0.1) is 0 Å². The van der Waals surface area contributed by atoms with Crippen LogP contribution in [0.4, 0.5) is 0 Å². The third-order valence-corrected chi connectivity index (χ3v) is 3.81. The quantitative estimate of drug-likeness (QED) is 0.680. The molecule has 0 spiro atoms.